The van der Waals surface area contributed by atoms with Gasteiger partial charge in [-0.05, 0) is 49.4 Å². The molecule has 0 saturated carbocycles. The van der Waals surface area contributed by atoms with E-state index >= 15 is 0 Å². The Morgan fingerprint density at radius 1 is 1.42 bits per heavy atom. The zero-order valence-corrected chi connectivity index (χ0v) is 14.3. The van der Waals surface area contributed by atoms with Gasteiger partial charge in [0.2, 0.25) is 0 Å². The molecule has 1 rings (SSSR count). The normalized spacial score (nSPS) is 11.1. The van der Waals surface area contributed by atoms with Crippen LogP contribution in [-0.2, 0) is 9.53 Å². The third-order valence-corrected chi connectivity index (χ3v) is 3.61. The fourth-order valence-electron chi connectivity index (χ4n) is 1.38. The minimum atomic E-state index is -0.489. The first kappa shape index (κ1) is 16.4. The predicted molar refractivity (Wildman–Crippen MR) is 85.1 cm³/mol. The maximum atomic E-state index is 11.6. The minimum absolute atomic E-state index is 0.0747. The molecule has 0 amide bonds. The molecule has 0 bridgehead atoms. The molecule has 0 aromatic heterocycles. The minimum Gasteiger partial charge on any atom is -0.495 e. The van der Waals surface area contributed by atoms with E-state index in [0.717, 1.165) is 3.57 Å². The summed E-state index contributed by atoms with van der Waals surface area (Å²) in [7, 11) is 1.55. The van der Waals surface area contributed by atoms with Gasteiger partial charge in [-0.3, -0.25) is 4.79 Å². The summed E-state index contributed by atoms with van der Waals surface area (Å²) in [6, 6.07) is 3.53. The molecular formula is C13H17ClINO3. The lowest BCUT2D eigenvalue weighted by molar-refractivity contribution is -0.152. The summed E-state index contributed by atoms with van der Waals surface area (Å²) in [5, 5.41) is 3.60. The lowest BCUT2D eigenvalue weighted by Crippen LogP contribution is -2.28. The fraction of sp³-hybridized carbons (Fsp3) is 0.462. The van der Waals surface area contributed by atoms with E-state index in [0.29, 0.717) is 16.5 Å². The van der Waals surface area contributed by atoms with Crippen LogP contribution in [0.25, 0.3) is 0 Å². The van der Waals surface area contributed by atoms with Crippen LogP contribution < -0.4 is 10.1 Å². The molecule has 0 saturated heterocycles. The van der Waals surface area contributed by atoms with Crippen molar-refractivity contribution in [1.82, 2.24) is 0 Å². The zero-order valence-electron chi connectivity index (χ0n) is 11.3. The summed E-state index contributed by atoms with van der Waals surface area (Å²) in [6.07, 6.45) is 0. The van der Waals surface area contributed by atoms with Crippen molar-refractivity contribution in [3.8, 4) is 5.75 Å². The van der Waals surface area contributed by atoms with E-state index in [4.69, 9.17) is 21.1 Å². The Hall–Kier alpha value is -0.690. The molecule has 0 heterocycles. The van der Waals surface area contributed by atoms with Gasteiger partial charge in [0.25, 0.3) is 0 Å². The van der Waals surface area contributed by atoms with Crippen LogP contribution >= 0.6 is 34.2 Å². The summed E-state index contributed by atoms with van der Waals surface area (Å²) in [5.74, 6) is 0.272. The first-order chi connectivity index (χ1) is 8.73. The number of hydrogen-bond acceptors (Lipinski definition) is 4. The van der Waals surface area contributed by atoms with Crippen LogP contribution in [0.1, 0.15) is 20.8 Å². The van der Waals surface area contributed by atoms with E-state index in [-0.39, 0.29) is 12.5 Å². The molecule has 0 aliphatic carbocycles. The molecule has 1 N–H and O–H groups in total. The molecule has 6 heteroatoms. The Labute approximate surface area is 131 Å². The molecule has 1 aromatic carbocycles. The van der Waals surface area contributed by atoms with Crippen molar-refractivity contribution in [2.75, 3.05) is 19.0 Å². The highest BCUT2D eigenvalue weighted by Crippen LogP contribution is 2.32. The maximum Gasteiger partial charge on any atom is 0.325 e. The molecule has 0 fully saturated rings. The second-order valence-corrected chi connectivity index (χ2v) is 6.48. The molecular weight excluding hydrogens is 381 g/mol. The standard InChI is InChI=1S/C13H17ClINO3/c1-13(2,3)19-12(17)7-16-10-6-9(15)8(14)5-11(10)18-4/h5-6,16H,7H2,1-4H3. The van der Waals surface area contributed by atoms with Crippen molar-refractivity contribution in [2.24, 2.45) is 0 Å². The summed E-state index contributed by atoms with van der Waals surface area (Å²) < 4.78 is 11.3. The van der Waals surface area contributed by atoms with Crippen molar-refractivity contribution >= 4 is 45.8 Å². The fourth-order valence-corrected chi connectivity index (χ4v) is 2.00. The van der Waals surface area contributed by atoms with Crippen LogP contribution in [0.4, 0.5) is 5.69 Å². The SMILES string of the molecule is COc1cc(Cl)c(I)cc1NCC(=O)OC(C)(C)C. The second-order valence-electron chi connectivity index (χ2n) is 4.91. The molecule has 106 valence electrons. The Morgan fingerprint density at radius 2 is 2.05 bits per heavy atom. The number of esters is 1. The van der Waals surface area contributed by atoms with Gasteiger partial charge in [-0.15, -0.1) is 0 Å². The summed E-state index contributed by atoms with van der Waals surface area (Å²) in [6.45, 7) is 5.56. The molecule has 0 spiro atoms. The van der Waals surface area contributed by atoms with E-state index in [1.54, 1.807) is 13.2 Å². The lowest BCUT2D eigenvalue weighted by Gasteiger charge is -2.20. The summed E-state index contributed by atoms with van der Waals surface area (Å²) >= 11 is 8.13. The molecule has 0 atom stereocenters. The second kappa shape index (κ2) is 6.65. The number of benzene rings is 1. The molecule has 0 aliphatic heterocycles. The number of carbonyl (C=O) groups excluding carboxylic acids is 1. The number of rotatable bonds is 4. The van der Waals surface area contributed by atoms with Crippen molar-refractivity contribution in [3.63, 3.8) is 0 Å². The van der Waals surface area contributed by atoms with Gasteiger partial charge in [0.05, 0.1) is 17.8 Å². The van der Waals surface area contributed by atoms with Gasteiger partial charge in [0, 0.05) is 9.64 Å². The predicted octanol–water partition coefficient (Wildman–Crippen LogP) is 3.71. The topological polar surface area (TPSA) is 47.6 Å². The molecule has 0 radical (unpaired) electrons. The number of anilines is 1. The highest BCUT2D eigenvalue weighted by atomic mass is 127. The zero-order chi connectivity index (χ0) is 14.6. The Balaban J connectivity index is 2.72. The highest BCUT2D eigenvalue weighted by molar-refractivity contribution is 14.1. The number of methoxy groups -OCH3 is 1. The molecule has 1 aromatic rings. The largest absolute Gasteiger partial charge is 0.495 e. The number of halogens is 2. The van der Waals surface area contributed by atoms with Crippen molar-refractivity contribution < 1.29 is 14.3 Å². The van der Waals surface area contributed by atoms with E-state index in [1.807, 2.05) is 26.8 Å². The van der Waals surface area contributed by atoms with Crippen LogP contribution in [0, 0.1) is 3.57 Å². The van der Waals surface area contributed by atoms with E-state index < -0.39 is 5.60 Å². The van der Waals surface area contributed by atoms with Gasteiger partial charge >= 0.3 is 5.97 Å². The van der Waals surface area contributed by atoms with Crippen LogP contribution in [0.15, 0.2) is 12.1 Å². The Bertz CT molecular complexity index is 472. The third-order valence-electron chi connectivity index (χ3n) is 2.09. The smallest absolute Gasteiger partial charge is 0.325 e. The number of nitrogens with one attached hydrogen (secondary N) is 1. The summed E-state index contributed by atoms with van der Waals surface area (Å²) in [4.78, 5) is 11.6. The van der Waals surface area contributed by atoms with Crippen molar-refractivity contribution in [3.05, 3.63) is 20.7 Å². The van der Waals surface area contributed by atoms with E-state index in [9.17, 15) is 4.79 Å². The molecule has 19 heavy (non-hydrogen) atoms. The molecule has 0 unspecified atom stereocenters. The maximum absolute atomic E-state index is 11.6. The number of carbonyl (C=O) groups is 1. The van der Waals surface area contributed by atoms with Crippen LogP contribution in [0.2, 0.25) is 5.02 Å². The van der Waals surface area contributed by atoms with Crippen LogP contribution in [-0.4, -0.2) is 25.2 Å². The highest BCUT2D eigenvalue weighted by Gasteiger charge is 2.16. The number of hydrogen-bond donors (Lipinski definition) is 1. The lowest BCUT2D eigenvalue weighted by atomic mass is 10.2. The molecule has 0 aliphatic rings. The quantitative estimate of drug-likeness (QED) is 0.621. The third kappa shape index (κ3) is 5.44. The first-order valence-electron chi connectivity index (χ1n) is 5.71. The van der Waals surface area contributed by atoms with Crippen molar-refractivity contribution in [1.29, 1.82) is 0 Å². The van der Waals surface area contributed by atoms with E-state index in [1.165, 1.54) is 0 Å². The van der Waals surface area contributed by atoms with Gasteiger partial charge in [-0.2, -0.15) is 0 Å². The van der Waals surface area contributed by atoms with Gasteiger partial charge < -0.3 is 14.8 Å². The van der Waals surface area contributed by atoms with Gasteiger partial charge in [0.15, 0.2) is 0 Å². The average molecular weight is 398 g/mol. The Kier molecular flexibility index (Phi) is 5.73. The number of ether oxygens (including phenoxy) is 2. The van der Waals surface area contributed by atoms with Gasteiger partial charge in [-0.1, -0.05) is 11.6 Å². The molecule has 4 nitrogen and oxygen atoms in total. The monoisotopic (exact) mass is 397 g/mol. The van der Waals surface area contributed by atoms with E-state index in [2.05, 4.69) is 27.9 Å². The summed E-state index contributed by atoms with van der Waals surface area (Å²) in [5.41, 5.74) is 0.222. The van der Waals surface area contributed by atoms with Gasteiger partial charge in [0.1, 0.15) is 17.9 Å². The van der Waals surface area contributed by atoms with Crippen molar-refractivity contribution in [2.45, 2.75) is 26.4 Å². The first-order valence-corrected chi connectivity index (χ1v) is 7.17. The van der Waals surface area contributed by atoms with Crippen LogP contribution in [0.3, 0.4) is 0 Å². The Morgan fingerprint density at radius 3 is 2.58 bits per heavy atom. The van der Waals surface area contributed by atoms with Gasteiger partial charge in [-0.25, -0.2) is 0 Å². The van der Waals surface area contributed by atoms with Crippen LogP contribution in [0.5, 0.6) is 5.75 Å². The average Bonchev–Trinajstić information content (AvgIpc) is 2.28.